The highest BCUT2D eigenvalue weighted by atomic mass is 14.6. The first-order valence-corrected chi connectivity index (χ1v) is 6.39. The van der Waals surface area contributed by atoms with Crippen LogP contribution in [-0.4, -0.2) is 0 Å². The minimum Gasteiger partial charge on any atom is -0.0533 e. The summed E-state index contributed by atoms with van der Waals surface area (Å²) in [4.78, 5) is 0. The third-order valence-corrected chi connectivity index (χ3v) is 4.76. The molecular formula is C13H22. The summed E-state index contributed by atoms with van der Waals surface area (Å²) in [5.74, 6) is 2.33. The summed E-state index contributed by atoms with van der Waals surface area (Å²) >= 11 is 0. The van der Waals surface area contributed by atoms with Gasteiger partial charge in [0.05, 0.1) is 0 Å². The van der Waals surface area contributed by atoms with Crippen molar-refractivity contribution in [2.45, 2.75) is 64.2 Å². The van der Waals surface area contributed by atoms with Gasteiger partial charge < -0.3 is 0 Å². The zero-order valence-electron chi connectivity index (χ0n) is 8.73. The van der Waals surface area contributed by atoms with E-state index in [1.54, 1.807) is 44.9 Å². The Morgan fingerprint density at radius 1 is 0.846 bits per heavy atom. The van der Waals surface area contributed by atoms with Gasteiger partial charge in [0, 0.05) is 0 Å². The molecule has 0 aliphatic heterocycles. The molecule has 13 heavy (non-hydrogen) atoms. The number of hydrogen-bond donors (Lipinski definition) is 0. The molecule has 0 radical (unpaired) electrons. The summed E-state index contributed by atoms with van der Waals surface area (Å²) in [6.45, 7) is 0. The van der Waals surface area contributed by atoms with Crippen LogP contribution < -0.4 is 0 Å². The van der Waals surface area contributed by atoms with Crippen molar-refractivity contribution in [1.29, 1.82) is 0 Å². The Morgan fingerprint density at radius 3 is 2.08 bits per heavy atom. The first kappa shape index (κ1) is 8.32. The average molecular weight is 178 g/mol. The van der Waals surface area contributed by atoms with E-state index in [1.165, 1.54) is 25.2 Å². The molecule has 0 aromatic heterocycles. The molecule has 0 aromatic carbocycles. The Kier molecular flexibility index (Phi) is 1.92. The Bertz CT molecular complexity index is 180. The van der Waals surface area contributed by atoms with Gasteiger partial charge in [-0.2, -0.15) is 0 Å². The Balaban J connectivity index is 1.55. The number of hydrogen-bond acceptors (Lipinski definition) is 0. The van der Waals surface area contributed by atoms with Gasteiger partial charge in [-0.3, -0.25) is 0 Å². The van der Waals surface area contributed by atoms with Crippen molar-refractivity contribution in [3.63, 3.8) is 0 Å². The maximum Gasteiger partial charge on any atom is -0.0266 e. The van der Waals surface area contributed by atoms with Gasteiger partial charge in [0.15, 0.2) is 0 Å². The van der Waals surface area contributed by atoms with E-state index in [1.807, 2.05) is 0 Å². The molecule has 0 unspecified atom stereocenters. The van der Waals surface area contributed by atoms with Crippen LogP contribution in [0.3, 0.4) is 0 Å². The smallest absolute Gasteiger partial charge is 0.0266 e. The topological polar surface area (TPSA) is 0 Å². The van der Waals surface area contributed by atoms with E-state index in [2.05, 4.69) is 0 Å². The maximum absolute atomic E-state index is 1.62. The van der Waals surface area contributed by atoms with Crippen molar-refractivity contribution < 1.29 is 0 Å². The monoisotopic (exact) mass is 178 g/mol. The summed E-state index contributed by atoms with van der Waals surface area (Å²) in [6, 6.07) is 0. The zero-order valence-corrected chi connectivity index (χ0v) is 8.73. The Morgan fingerprint density at radius 2 is 1.54 bits per heavy atom. The third kappa shape index (κ3) is 1.65. The largest absolute Gasteiger partial charge is 0.0533 e. The normalized spacial score (nSPS) is 33.2. The fourth-order valence-electron chi connectivity index (χ4n) is 3.60. The summed E-state index contributed by atoms with van der Waals surface area (Å²) < 4.78 is 0. The van der Waals surface area contributed by atoms with Gasteiger partial charge in [0.1, 0.15) is 0 Å². The maximum atomic E-state index is 1.62. The molecule has 0 aromatic rings. The lowest BCUT2D eigenvalue weighted by atomic mass is 9.80. The van der Waals surface area contributed by atoms with E-state index in [0.29, 0.717) is 0 Å². The lowest BCUT2D eigenvalue weighted by Gasteiger charge is -2.26. The van der Waals surface area contributed by atoms with E-state index in [0.717, 1.165) is 11.3 Å². The molecule has 0 bridgehead atoms. The molecule has 0 nitrogen and oxygen atoms in total. The van der Waals surface area contributed by atoms with Crippen molar-refractivity contribution in [3.05, 3.63) is 0 Å². The molecule has 0 N–H and O–H groups in total. The summed E-state index contributed by atoms with van der Waals surface area (Å²) in [7, 11) is 0. The van der Waals surface area contributed by atoms with Crippen LogP contribution in [0.1, 0.15) is 64.2 Å². The lowest BCUT2D eigenvalue weighted by molar-refractivity contribution is 0.255. The predicted molar refractivity (Wildman–Crippen MR) is 55.6 cm³/mol. The molecule has 74 valence electrons. The molecule has 0 heterocycles. The van der Waals surface area contributed by atoms with Crippen LogP contribution in [0, 0.1) is 17.3 Å². The highest BCUT2D eigenvalue weighted by Crippen LogP contribution is 2.65. The second kappa shape index (κ2) is 3.00. The van der Waals surface area contributed by atoms with Crippen LogP contribution in [0.4, 0.5) is 0 Å². The molecule has 0 atom stereocenters. The van der Waals surface area contributed by atoms with Gasteiger partial charge in [0.2, 0.25) is 0 Å². The molecule has 0 saturated heterocycles. The SMILES string of the molecule is C1CCC(CC2(C3CC3)CC2)CC1. The lowest BCUT2D eigenvalue weighted by Crippen LogP contribution is -2.14. The van der Waals surface area contributed by atoms with Crippen LogP contribution in [0.15, 0.2) is 0 Å². The van der Waals surface area contributed by atoms with Crippen LogP contribution >= 0.6 is 0 Å². The Hall–Kier alpha value is 0. The molecule has 0 spiro atoms. The van der Waals surface area contributed by atoms with Crippen molar-refractivity contribution in [3.8, 4) is 0 Å². The molecular weight excluding hydrogens is 156 g/mol. The minimum atomic E-state index is 0.919. The molecule has 3 aliphatic carbocycles. The standard InChI is InChI=1S/C13H22/c1-2-4-11(5-3-1)10-13(8-9-13)12-6-7-12/h11-12H,1-10H2. The third-order valence-electron chi connectivity index (χ3n) is 4.76. The van der Waals surface area contributed by atoms with Gasteiger partial charge in [-0.1, -0.05) is 32.1 Å². The van der Waals surface area contributed by atoms with Crippen LogP contribution in [0.25, 0.3) is 0 Å². The molecule has 3 fully saturated rings. The van der Waals surface area contributed by atoms with Gasteiger partial charge >= 0.3 is 0 Å². The van der Waals surface area contributed by atoms with Crippen molar-refractivity contribution in [1.82, 2.24) is 0 Å². The van der Waals surface area contributed by atoms with E-state index in [9.17, 15) is 0 Å². The van der Waals surface area contributed by atoms with Crippen LogP contribution in [-0.2, 0) is 0 Å². The molecule has 0 heteroatoms. The number of rotatable bonds is 3. The highest BCUT2D eigenvalue weighted by Gasteiger charge is 2.53. The highest BCUT2D eigenvalue weighted by molar-refractivity contribution is 5.04. The van der Waals surface area contributed by atoms with Gasteiger partial charge in [-0.15, -0.1) is 0 Å². The van der Waals surface area contributed by atoms with Gasteiger partial charge in [-0.05, 0) is 49.4 Å². The second-order valence-electron chi connectivity index (χ2n) is 5.84. The van der Waals surface area contributed by atoms with E-state index in [4.69, 9.17) is 0 Å². The quantitative estimate of drug-likeness (QED) is 0.609. The average Bonchev–Trinajstić information content (AvgIpc) is 3.00. The Labute approximate surface area is 82.1 Å². The predicted octanol–water partition coefficient (Wildman–Crippen LogP) is 4.15. The first-order chi connectivity index (χ1) is 6.39. The molecule has 0 amide bonds. The summed E-state index contributed by atoms with van der Waals surface area (Å²) in [5.41, 5.74) is 0.919. The fourth-order valence-corrected chi connectivity index (χ4v) is 3.60. The zero-order chi connectivity index (χ0) is 8.73. The minimum absolute atomic E-state index is 0.919. The van der Waals surface area contributed by atoms with Crippen LogP contribution in [0.5, 0.6) is 0 Å². The van der Waals surface area contributed by atoms with E-state index in [-0.39, 0.29) is 0 Å². The van der Waals surface area contributed by atoms with Gasteiger partial charge in [-0.25, -0.2) is 0 Å². The van der Waals surface area contributed by atoms with Crippen molar-refractivity contribution in [2.24, 2.45) is 17.3 Å². The van der Waals surface area contributed by atoms with Crippen molar-refractivity contribution >= 4 is 0 Å². The molecule has 3 aliphatic rings. The van der Waals surface area contributed by atoms with Gasteiger partial charge in [0.25, 0.3) is 0 Å². The van der Waals surface area contributed by atoms with Crippen molar-refractivity contribution in [2.75, 3.05) is 0 Å². The van der Waals surface area contributed by atoms with Crippen LogP contribution in [0.2, 0.25) is 0 Å². The first-order valence-electron chi connectivity index (χ1n) is 6.39. The second-order valence-corrected chi connectivity index (χ2v) is 5.84. The summed E-state index contributed by atoms with van der Waals surface area (Å²) in [5, 5.41) is 0. The van der Waals surface area contributed by atoms with E-state index < -0.39 is 0 Å². The summed E-state index contributed by atoms with van der Waals surface area (Å²) in [6.07, 6.45) is 15.7. The fraction of sp³-hybridized carbons (Fsp3) is 1.00. The molecule has 3 saturated carbocycles. The van der Waals surface area contributed by atoms with E-state index >= 15 is 0 Å². The molecule has 3 rings (SSSR count).